The van der Waals surface area contributed by atoms with E-state index in [1.54, 1.807) is 23.3 Å². The molecule has 3 aromatic rings. The van der Waals surface area contributed by atoms with Gasteiger partial charge in [-0.3, -0.25) is 9.67 Å². The van der Waals surface area contributed by atoms with Gasteiger partial charge in [0.2, 0.25) is 0 Å². The van der Waals surface area contributed by atoms with Crippen molar-refractivity contribution in [3.63, 3.8) is 0 Å². The number of anilines is 2. The predicted octanol–water partition coefficient (Wildman–Crippen LogP) is 3.99. The van der Waals surface area contributed by atoms with E-state index in [1.807, 2.05) is 12.1 Å². The van der Waals surface area contributed by atoms with Crippen molar-refractivity contribution in [1.82, 2.24) is 14.8 Å². The Kier molecular flexibility index (Phi) is 4.87. The van der Waals surface area contributed by atoms with Crippen molar-refractivity contribution < 1.29 is 18.0 Å². The maximum Gasteiger partial charge on any atom is 0.418 e. The number of hydrogen-bond acceptors (Lipinski definition) is 3. The van der Waals surface area contributed by atoms with E-state index < -0.39 is 17.8 Å². The topological polar surface area (TPSA) is 71.8 Å². The lowest BCUT2D eigenvalue weighted by atomic mass is 10.1. The van der Waals surface area contributed by atoms with Crippen LogP contribution in [0.1, 0.15) is 11.1 Å². The van der Waals surface area contributed by atoms with Gasteiger partial charge in [-0.2, -0.15) is 18.3 Å². The van der Waals surface area contributed by atoms with Crippen molar-refractivity contribution in [3.05, 3.63) is 72.3 Å². The number of halogens is 3. The van der Waals surface area contributed by atoms with Gasteiger partial charge in [-0.1, -0.05) is 12.1 Å². The van der Waals surface area contributed by atoms with Crippen molar-refractivity contribution in [1.29, 1.82) is 0 Å². The van der Waals surface area contributed by atoms with Crippen LogP contribution >= 0.6 is 0 Å². The van der Waals surface area contributed by atoms with Crippen LogP contribution in [-0.2, 0) is 12.7 Å². The molecule has 0 unspecified atom stereocenters. The predicted molar refractivity (Wildman–Crippen MR) is 89.7 cm³/mol. The van der Waals surface area contributed by atoms with Gasteiger partial charge in [-0.25, -0.2) is 4.79 Å². The summed E-state index contributed by atoms with van der Waals surface area (Å²) in [6.07, 6.45) is 1.75. The van der Waals surface area contributed by atoms with Crippen molar-refractivity contribution in [2.24, 2.45) is 0 Å². The zero-order valence-electron chi connectivity index (χ0n) is 13.4. The van der Waals surface area contributed by atoms with Gasteiger partial charge in [-0.05, 0) is 29.8 Å². The van der Waals surface area contributed by atoms with E-state index in [0.29, 0.717) is 12.2 Å². The number of para-hydroxylation sites is 1. The number of nitrogens with one attached hydrogen (secondary N) is 2. The summed E-state index contributed by atoms with van der Waals surface area (Å²) in [6.45, 7) is 0.475. The van der Waals surface area contributed by atoms with Gasteiger partial charge in [0.1, 0.15) is 0 Å². The number of nitrogens with zero attached hydrogens (tertiary/aromatic N) is 3. The standard InChI is InChI=1S/C17H14F3N5O/c18-17(19,20)14-3-1-2-4-15(14)24-16(26)23-13-9-22-25(11-13)10-12-5-7-21-8-6-12/h1-9,11H,10H2,(H2,23,24,26). The molecule has 2 aromatic heterocycles. The Balaban J connectivity index is 1.65. The van der Waals surface area contributed by atoms with Crippen LogP contribution in [0.2, 0.25) is 0 Å². The lowest BCUT2D eigenvalue weighted by Crippen LogP contribution is -2.21. The molecule has 0 aliphatic rings. The third kappa shape index (κ3) is 4.38. The minimum Gasteiger partial charge on any atom is -0.307 e. The lowest BCUT2D eigenvalue weighted by Gasteiger charge is -2.13. The molecule has 0 spiro atoms. The summed E-state index contributed by atoms with van der Waals surface area (Å²) in [7, 11) is 0. The van der Waals surface area contributed by atoms with Crippen molar-refractivity contribution in [2.75, 3.05) is 10.6 Å². The summed E-state index contributed by atoms with van der Waals surface area (Å²) < 4.78 is 40.4. The number of pyridine rings is 1. The molecule has 0 atom stereocenters. The van der Waals surface area contributed by atoms with Crippen molar-refractivity contribution in [3.8, 4) is 0 Å². The number of carbonyl (C=O) groups is 1. The maximum absolute atomic E-state index is 12.9. The summed E-state index contributed by atoms with van der Waals surface area (Å²) in [5.41, 5.74) is 0.101. The molecule has 9 heteroatoms. The minimum atomic E-state index is -4.56. The van der Waals surface area contributed by atoms with E-state index in [0.717, 1.165) is 11.6 Å². The summed E-state index contributed by atoms with van der Waals surface area (Å²) in [5, 5.41) is 8.77. The van der Waals surface area contributed by atoms with Crippen molar-refractivity contribution >= 4 is 17.4 Å². The third-order valence-corrected chi connectivity index (χ3v) is 3.47. The Morgan fingerprint density at radius 1 is 1.08 bits per heavy atom. The highest BCUT2D eigenvalue weighted by Gasteiger charge is 2.33. The molecule has 6 nitrogen and oxygen atoms in total. The fourth-order valence-corrected chi connectivity index (χ4v) is 2.31. The van der Waals surface area contributed by atoms with E-state index in [-0.39, 0.29) is 5.69 Å². The summed E-state index contributed by atoms with van der Waals surface area (Å²) >= 11 is 0. The Morgan fingerprint density at radius 3 is 2.54 bits per heavy atom. The molecule has 2 amide bonds. The Bertz CT molecular complexity index is 893. The van der Waals surface area contributed by atoms with Gasteiger partial charge in [0.15, 0.2) is 0 Å². The monoisotopic (exact) mass is 361 g/mol. The molecular weight excluding hydrogens is 347 g/mol. The molecule has 0 aliphatic heterocycles. The lowest BCUT2D eigenvalue weighted by molar-refractivity contribution is -0.136. The number of urea groups is 1. The molecule has 1 aromatic carbocycles. The number of aromatic nitrogens is 3. The first-order chi connectivity index (χ1) is 12.4. The van der Waals surface area contributed by atoms with Gasteiger partial charge < -0.3 is 10.6 Å². The Morgan fingerprint density at radius 2 is 1.81 bits per heavy atom. The molecule has 0 aliphatic carbocycles. The van der Waals surface area contributed by atoms with E-state index in [2.05, 4.69) is 20.7 Å². The van der Waals surface area contributed by atoms with Crippen LogP contribution < -0.4 is 10.6 Å². The van der Waals surface area contributed by atoms with Gasteiger partial charge in [0.25, 0.3) is 0 Å². The van der Waals surface area contributed by atoms with Gasteiger partial charge in [0.05, 0.1) is 29.7 Å². The van der Waals surface area contributed by atoms with E-state index in [4.69, 9.17) is 0 Å². The Labute approximate surface area is 146 Å². The molecule has 0 radical (unpaired) electrons. The number of hydrogen-bond donors (Lipinski definition) is 2. The molecule has 2 heterocycles. The quantitative estimate of drug-likeness (QED) is 0.738. The number of benzene rings is 1. The van der Waals surface area contributed by atoms with Gasteiger partial charge in [-0.15, -0.1) is 0 Å². The molecule has 26 heavy (non-hydrogen) atoms. The highest BCUT2D eigenvalue weighted by Crippen LogP contribution is 2.34. The smallest absolute Gasteiger partial charge is 0.307 e. The second-order valence-corrected chi connectivity index (χ2v) is 5.40. The second-order valence-electron chi connectivity index (χ2n) is 5.40. The molecule has 0 saturated carbocycles. The first kappa shape index (κ1) is 17.5. The highest BCUT2D eigenvalue weighted by molar-refractivity contribution is 6.00. The maximum atomic E-state index is 12.9. The average molecular weight is 361 g/mol. The fourth-order valence-electron chi connectivity index (χ4n) is 2.31. The first-order valence-electron chi connectivity index (χ1n) is 7.57. The van der Waals surface area contributed by atoms with Crippen LogP contribution in [0.15, 0.2) is 61.2 Å². The van der Waals surface area contributed by atoms with Crippen LogP contribution in [0.25, 0.3) is 0 Å². The third-order valence-electron chi connectivity index (χ3n) is 3.47. The second kappa shape index (κ2) is 7.26. The molecule has 0 bridgehead atoms. The van der Waals surface area contributed by atoms with Crippen LogP contribution in [0.4, 0.5) is 29.3 Å². The molecule has 134 valence electrons. The summed E-state index contributed by atoms with van der Waals surface area (Å²) in [5.74, 6) is 0. The van der Waals surface area contributed by atoms with Gasteiger partial charge >= 0.3 is 12.2 Å². The minimum absolute atomic E-state index is 0.318. The highest BCUT2D eigenvalue weighted by atomic mass is 19.4. The number of rotatable bonds is 4. The van der Waals surface area contributed by atoms with E-state index in [1.165, 1.54) is 24.4 Å². The van der Waals surface area contributed by atoms with Crippen LogP contribution in [0.3, 0.4) is 0 Å². The zero-order valence-corrected chi connectivity index (χ0v) is 13.4. The SMILES string of the molecule is O=C(Nc1cnn(Cc2ccncc2)c1)Nc1ccccc1C(F)(F)F. The number of amides is 2. The average Bonchev–Trinajstić information content (AvgIpc) is 3.02. The molecular formula is C17H14F3N5O. The van der Waals surface area contributed by atoms with Crippen molar-refractivity contribution in [2.45, 2.75) is 12.7 Å². The number of carbonyl (C=O) groups excluding carboxylic acids is 1. The largest absolute Gasteiger partial charge is 0.418 e. The Hall–Kier alpha value is -3.36. The molecule has 2 N–H and O–H groups in total. The van der Waals surface area contributed by atoms with E-state index >= 15 is 0 Å². The normalized spacial score (nSPS) is 11.2. The zero-order chi connectivity index (χ0) is 18.6. The molecule has 0 fully saturated rings. The molecule has 0 saturated heterocycles. The molecule has 3 rings (SSSR count). The van der Waals surface area contributed by atoms with Crippen LogP contribution in [0, 0.1) is 0 Å². The fraction of sp³-hybridized carbons (Fsp3) is 0.118. The van der Waals surface area contributed by atoms with E-state index in [9.17, 15) is 18.0 Å². The number of alkyl halides is 3. The van der Waals surface area contributed by atoms with Crippen LogP contribution in [0.5, 0.6) is 0 Å². The van der Waals surface area contributed by atoms with Crippen LogP contribution in [-0.4, -0.2) is 20.8 Å². The summed E-state index contributed by atoms with van der Waals surface area (Å²) in [4.78, 5) is 15.9. The summed E-state index contributed by atoms with van der Waals surface area (Å²) in [6, 6.07) is 7.64. The van der Waals surface area contributed by atoms with Gasteiger partial charge in [0, 0.05) is 18.6 Å². The first-order valence-corrected chi connectivity index (χ1v) is 7.57.